The predicted octanol–water partition coefficient (Wildman–Crippen LogP) is 4.40. The van der Waals surface area contributed by atoms with Gasteiger partial charge in [0.2, 0.25) is 0 Å². The third-order valence-corrected chi connectivity index (χ3v) is 5.04. The number of benzene rings is 2. The van der Waals surface area contributed by atoms with Gasteiger partial charge in [-0.25, -0.2) is 14.0 Å². The molecule has 3 rings (SSSR count). The van der Waals surface area contributed by atoms with Crippen molar-refractivity contribution in [3.8, 4) is 0 Å². The minimum absolute atomic E-state index is 0.0426. The zero-order valence-corrected chi connectivity index (χ0v) is 15.4. The molecule has 1 atom stereocenters. The van der Waals surface area contributed by atoms with Gasteiger partial charge in [-0.2, -0.15) is 0 Å². The molecular weight excluding hydrogens is 359 g/mol. The Morgan fingerprint density at radius 2 is 2.04 bits per heavy atom. The van der Waals surface area contributed by atoms with Crippen molar-refractivity contribution in [1.82, 2.24) is 4.90 Å². The Kier molecular flexibility index (Phi) is 4.87. The van der Waals surface area contributed by atoms with Crippen molar-refractivity contribution < 1.29 is 18.7 Å². The highest BCUT2D eigenvalue weighted by Gasteiger charge is 2.34. The molecule has 0 radical (unpaired) electrons. The summed E-state index contributed by atoms with van der Waals surface area (Å²) >= 11 is 6.13. The number of methoxy groups -OCH3 is 1. The standard InChI is InChI=1S/C19H18ClFN2O3/c1-11-13-8-7-12(18(24)26-3)9-17(13)23(19(25)22(11)2)10-14-15(20)5-4-6-16(14)21/h4-9,11H,10H2,1-3H3. The van der Waals surface area contributed by atoms with Crippen LogP contribution in [-0.2, 0) is 11.3 Å². The highest BCUT2D eigenvalue weighted by molar-refractivity contribution is 6.31. The molecule has 0 saturated heterocycles. The number of urea groups is 1. The van der Waals surface area contributed by atoms with Gasteiger partial charge < -0.3 is 9.64 Å². The van der Waals surface area contributed by atoms with E-state index in [1.54, 1.807) is 36.2 Å². The SMILES string of the molecule is COC(=O)c1ccc2c(c1)N(Cc1c(F)cccc1Cl)C(=O)N(C)C2C. The van der Waals surface area contributed by atoms with Gasteiger partial charge >= 0.3 is 12.0 Å². The van der Waals surface area contributed by atoms with Crippen LogP contribution in [0.3, 0.4) is 0 Å². The number of esters is 1. The van der Waals surface area contributed by atoms with Gasteiger partial charge in [-0.05, 0) is 36.8 Å². The van der Waals surface area contributed by atoms with Crippen LogP contribution < -0.4 is 4.90 Å². The second kappa shape index (κ2) is 6.96. The third-order valence-electron chi connectivity index (χ3n) is 4.68. The normalized spacial score (nSPS) is 16.5. The molecule has 0 spiro atoms. The molecule has 1 aliphatic rings. The van der Waals surface area contributed by atoms with Gasteiger partial charge in [0.1, 0.15) is 5.82 Å². The van der Waals surface area contributed by atoms with Gasteiger partial charge in [0.05, 0.1) is 30.9 Å². The first kappa shape index (κ1) is 18.2. The molecule has 0 saturated carbocycles. The van der Waals surface area contributed by atoms with E-state index in [4.69, 9.17) is 16.3 Å². The minimum Gasteiger partial charge on any atom is -0.465 e. The monoisotopic (exact) mass is 376 g/mol. The van der Waals surface area contributed by atoms with Crippen LogP contribution >= 0.6 is 11.6 Å². The van der Waals surface area contributed by atoms with E-state index in [0.717, 1.165) is 5.56 Å². The zero-order valence-electron chi connectivity index (χ0n) is 14.6. The van der Waals surface area contributed by atoms with Crippen LogP contribution in [0, 0.1) is 5.82 Å². The van der Waals surface area contributed by atoms with Crippen molar-refractivity contribution >= 4 is 29.3 Å². The Morgan fingerprint density at radius 3 is 2.69 bits per heavy atom. The van der Waals surface area contributed by atoms with E-state index in [0.29, 0.717) is 11.3 Å². The molecule has 0 aromatic heterocycles. The number of halogens is 2. The van der Waals surface area contributed by atoms with Gasteiger partial charge in [0.25, 0.3) is 0 Å². The van der Waals surface area contributed by atoms with Gasteiger partial charge in [0, 0.05) is 17.6 Å². The topological polar surface area (TPSA) is 49.9 Å². The Bertz CT molecular complexity index is 867. The Hall–Kier alpha value is -2.60. The Balaban J connectivity index is 2.11. The summed E-state index contributed by atoms with van der Waals surface area (Å²) in [6, 6.07) is 8.93. The molecule has 0 aliphatic carbocycles. The first-order chi connectivity index (χ1) is 12.3. The van der Waals surface area contributed by atoms with Crippen LogP contribution in [0.25, 0.3) is 0 Å². The van der Waals surface area contributed by atoms with Crippen LogP contribution in [0.15, 0.2) is 36.4 Å². The number of fused-ring (bicyclic) bond motifs is 1. The molecule has 1 unspecified atom stereocenters. The molecule has 0 fully saturated rings. The maximum absolute atomic E-state index is 14.2. The van der Waals surface area contributed by atoms with Crippen LogP contribution in [0.5, 0.6) is 0 Å². The molecule has 136 valence electrons. The highest BCUT2D eigenvalue weighted by atomic mass is 35.5. The lowest BCUT2D eigenvalue weighted by Gasteiger charge is -2.39. The molecule has 1 aliphatic heterocycles. The predicted molar refractivity (Wildman–Crippen MR) is 96.9 cm³/mol. The molecule has 2 aromatic carbocycles. The number of carbonyl (C=O) groups is 2. The van der Waals surface area contributed by atoms with Crippen molar-refractivity contribution in [2.75, 3.05) is 19.1 Å². The van der Waals surface area contributed by atoms with Crippen LogP contribution in [0.4, 0.5) is 14.9 Å². The lowest BCUT2D eigenvalue weighted by Crippen LogP contribution is -2.46. The van der Waals surface area contributed by atoms with Gasteiger partial charge in [0.15, 0.2) is 0 Å². The van der Waals surface area contributed by atoms with E-state index in [2.05, 4.69) is 0 Å². The van der Waals surface area contributed by atoms with Crippen LogP contribution in [-0.4, -0.2) is 31.1 Å². The number of hydrogen-bond donors (Lipinski definition) is 0. The molecule has 26 heavy (non-hydrogen) atoms. The van der Waals surface area contributed by atoms with E-state index in [9.17, 15) is 14.0 Å². The molecular formula is C19H18ClFN2O3. The second-order valence-electron chi connectivity index (χ2n) is 6.12. The summed E-state index contributed by atoms with van der Waals surface area (Å²) in [5.74, 6) is -0.993. The van der Waals surface area contributed by atoms with Crippen LogP contribution in [0.1, 0.15) is 34.5 Å². The second-order valence-corrected chi connectivity index (χ2v) is 6.53. The average molecular weight is 377 g/mol. The van der Waals surface area contributed by atoms with Crippen molar-refractivity contribution in [2.45, 2.75) is 19.5 Å². The molecule has 5 nitrogen and oxygen atoms in total. The lowest BCUT2D eigenvalue weighted by molar-refractivity contribution is 0.0600. The van der Waals surface area contributed by atoms with E-state index < -0.39 is 11.8 Å². The maximum Gasteiger partial charge on any atom is 0.337 e. The first-order valence-corrected chi connectivity index (χ1v) is 8.42. The summed E-state index contributed by atoms with van der Waals surface area (Å²) in [5, 5.41) is 0.241. The number of nitrogens with zero attached hydrogens (tertiary/aromatic N) is 2. The van der Waals surface area contributed by atoms with Crippen molar-refractivity contribution in [3.05, 3.63) is 63.9 Å². The number of hydrogen-bond acceptors (Lipinski definition) is 3. The molecule has 0 N–H and O–H groups in total. The van der Waals surface area contributed by atoms with Gasteiger partial charge in [-0.3, -0.25) is 4.90 Å². The van der Waals surface area contributed by atoms with Crippen molar-refractivity contribution in [3.63, 3.8) is 0 Å². The maximum atomic E-state index is 14.2. The average Bonchev–Trinajstić information content (AvgIpc) is 2.64. The lowest BCUT2D eigenvalue weighted by atomic mass is 9.98. The summed E-state index contributed by atoms with van der Waals surface area (Å²) in [6.07, 6.45) is 0. The molecule has 2 amide bonds. The quantitative estimate of drug-likeness (QED) is 0.746. The van der Waals surface area contributed by atoms with Gasteiger partial charge in [-0.1, -0.05) is 23.7 Å². The van der Waals surface area contributed by atoms with Gasteiger partial charge in [-0.15, -0.1) is 0 Å². The fourth-order valence-electron chi connectivity index (χ4n) is 3.04. The molecule has 1 heterocycles. The number of carbonyl (C=O) groups excluding carboxylic acids is 2. The summed E-state index contributed by atoms with van der Waals surface area (Å²) in [5.41, 5.74) is 1.94. The van der Waals surface area contributed by atoms with Crippen molar-refractivity contribution in [1.29, 1.82) is 0 Å². The summed E-state index contributed by atoms with van der Waals surface area (Å²) in [4.78, 5) is 27.7. The first-order valence-electron chi connectivity index (χ1n) is 8.04. The third kappa shape index (κ3) is 3.01. The van der Waals surface area contributed by atoms with Crippen molar-refractivity contribution in [2.24, 2.45) is 0 Å². The number of ether oxygens (including phenoxy) is 1. The van der Waals surface area contributed by atoms with E-state index in [1.807, 2.05) is 6.92 Å². The Morgan fingerprint density at radius 1 is 1.31 bits per heavy atom. The molecule has 0 bridgehead atoms. The number of rotatable bonds is 3. The van der Waals surface area contributed by atoms with E-state index >= 15 is 0 Å². The summed E-state index contributed by atoms with van der Waals surface area (Å²) in [7, 11) is 2.97. The number of anilines is 1. The van der Waals surface area contributed by atoms with E-state index in [-0.39, 0.29) is 29.2 Å². The summed E-state index contributed by atoms with van der Waals surface area (Å²) < 4.78 is 19.0. The fraction of sp³-hybridized carbons (Fsp3) is 0.263. The van der Waals surface area contributed by atoms with E-state index in [1.165, 1.54) is 24.1 Å². The summed E-state index contributed by atoms with van der Waals surface area (Å²) in [6.45, 7) is 1.85. The molecule has 2 aromatic rings. The smallest absolute Gasteiger partial charge is 0.337 e. The molecule has 7 heteroatoms. The largest absolute Gasteiger partial charge is 0.465 e. The highest BCUT2D eigenvalue weighted by Crippen LogP contribution is 2.38. The van der Waals surface area contributed by atoms with Crippen LogP contribution in [0.2, 0.25) is 5.02 Å². The fourth-order valence-corrected chi connectivity index (χ4v) is 3.26. The Labute approximate surface area is 155 Å². The minimum atomic E-state index is -0.504. The number of amides is 2. The zero-order chi connectivity index (χ0) is 19.0.